The van der Waals surface area contributed by atoms with Crippen molar-refractivity contribution >= 4 is 15.9 Å². The van der Waals surface area contributed by atoms with E-state index in [2.05, 4.69) is 25.9 Å². The molecule has 0 radical (unpaired) electrons. The van der Waals surface area contributed by atoms with Crippen LogP contribution in [0.1, 0.15) is 22.3 Å². The average Bonchev–Trinajstić information content (AvgIpc) is 2.79. The van der Waals surface area contributed by atoms with E-state index in [9.17, 15) is 5.11 Å². The van der Waals surface area contributed by atoms with Crippen LogP contribution in [0, 0.1) is 6.92 Å². The number of rotatable bonds is 1. The van der Waals surface area contributed by atoms with Crippen LogP contribution in [0.25, 0.3) is 11.4 Å². The minimum atomic E-state index is -1.22. The van der Waals surface area contributed by atoms with Gasteiger partial charge in [-0.05, 0) is 40.5 Å². The van der Waals surface area contributed by atoms with E-state index in [4.69, 9.17) is 0 Å². The largest absolute Gasteiger partial charge is 0.376 e. The van der Waals surface area contributed by atoms with Crippen LogP contribution in [0.4, 0.5) is 0 Å². The van der Waals surface area contributed by atoms with Gasteiger partial charge in [-0.3, -0.25) is 9.97 Å². The average molecular weight is 353 g/mol. The van der Waals surface area contributed by atoms with Crippen molar-refractivity contribution in [3.8, 4) is 11.4 Å². The number of aryl methyl sites for hydroxylation is 1. The Labute approximate surface area is 136 Å². The summed E-state index contributed by atoms with van der Waals surface area (Å²) in [6, 6.07) is 13.6. The molecule has 1 aliphatic rings. The molecule has 108 valence electrons. The lowest BCUT2D eigenvalue weighted by Crippen LogP contribution is -2.26. The first-order valence-corrected chi connectivity index (χ1v) is 7.81. The molecule has 1 aromatic carbocycles. The van der Waals surface area contributed by atoms with Crippen molar-refractivity contribution < 1.29 is 5.11 Å². The summed E-state index contributed by atoms with van der Waals surface area (Å²) in [5.74, 6) is 0. The number of fused-ring (bicyclic) bond motifs is 3. The maximum Gasteiger partial charge on any atom is 0.144 e. The number of aromatic nitrogens is 2. The Bertz CT molecular complexity index is 877. The second kappa shape index (κ2) is 4.73. The Balaban J connectivity index is 2.07. The van der Waals surface area contributed by atoms with Gasteiger partial charge in [-0.1, -0.05) is 35.9 Å². The first-order chi connectivity index (χ1) is 10.6. The van der Waals surface area contributed by atoms with Crippen molar-refractivity contribution in [3.05, 3.63) is 81.6 Å². The van der Waals surface area contributed by atoms with E-state index >= 15 is 0 Å². The summed E-state index contributed by atoms with van der Waals surface area (Å²) < 4.78 is 0.838. The molecule has 4 heteroatoms. The lowest BCUT2D eigenvalue weighted by molar-refractivity contribution is 0.130. The van der Waals surface area contributed by atoms with E-state index in [1.165, 1.54) is 0 Å². The Morgan fingerprint density at radius 2 is 1.73 bits per heavy atom. The fourth-order valence-electron chi connectivity index (χ4n) is 3.04. The molecule has 0 aliphatic heterocycles. The van der Waals surface area contributed by atoms with Gasteiger partial charge in [0.2, 0.25) is 0 Å². The molecule has 0 saturated heterocycles. The molecule has 22 heavy (non-hydrogen) atoms. The Morgan fingerprint density at radius 1 is 1.00 bits per heavy atom. The highest BCUT2D eigenvalue weighted by Crippen LogP contribution is 2.49. The van der Waals surface area contributed by atoms with Crippen molar-refractivity contribution in [1.29, 1.82) is 0 Å². The van der Waals surface area contributed by atoms with E-state index in [-0.39, 0.29) is 0 Å². The molecule has 0 fully saturated rings. The van der Waals surface area contributed by atoms with Crippen LogP contribution in [0.2, 0.25) is 0 Å². The molecule has 3 nitrogen and oxygen atoms in total. The van der Waals surface area contributed by atoms with Gasteiger partial charge in [-0.25, -0.2) is 0 Å². The van der Waals surface area contributed by atoms with Crippen LogP contribution in [-0.2, 0) is 5.60 Å². The van der Waals surface area contributed by atoms with Gasteiger partial charge in [0.05, 0.1) is 11.4 Å². The number of aliphatic hydroxyl groups is 1. The Morgan fingerprint density at radius 3 is 2.50 bits per heavy atom. The highest BCUT2D eigenvalue weighted by atomic mass is 79.9. The van der Waals surface area contributed by atoms with Crippen LogP contribution in [0.15, 0.2) is 59.3 Å². The number of halogens is 1. The fraction of sp³-hybridized carbons (Fsp3) is 0.111. The van der Waals surface area contributed by atoms with Crippen molar-refractivity contribution in [2.75, 3.05) is 0 Å². The summed E-state index contributed by atoms with van der Waals surface area (Å²) in [5, 5.41) is 11.6. The molecule has 0 amide bonds. The molecule has 1 unspecified atom stereocenters. The highest BCUT2D eigenvalue weighted by molar-refractivity contribution is 9.10. The van der Waals surface area contributed by atoms with E-state index < -0.39 is 5.60 Å². The quantitative estimate of drug-likeness (QED) is 0.724. The smallest absolute Gasteiger partial charge is 0.144 e. The minimum Gasteiger partial charge on any atom is -0.376 e. The minimum absolute atomic E-state index is 0.738. The summed E-state index contributed by atoms with van der Waals surface area (Å²) in [6.45, 7) is 2.03. The molecular weight excluding hydrogens is 340 g/mol. The van der Waals surface area contributed by atoms with Crippen LogP contribution in [0.3, 0.4) is 0 Å². The maximum atomic E-state index is 11.6. The topological polar surface area (TPSA) is 46.0 Å². The second-order valence-corrected chi connectivity index (χ2v) is 6.44. The van der Waals surface area contributed by atoms with Crippen molar-refractivity contribution in [1.82, 2.24) is 9.97 Å². The molecule has 2 aromatic heterocycles. The third-order valence-corrected chi connectivity index (χ3v) is 4.57. The van der Waals surface area contributed by atoms with Gasteiger partial charge in [-0.2, -0.15) is 0 Å². The fourth-order valence-corrected chi connectivity index (χ4v) is 3.37. The Hall–Kier alpha value is -2.04. The highest BCUT2D eigenvalue weighted by Gasteiger charge is 2.44. The van der Waals surface area contributed by atoms with E-state index in [1.807, 2.05) is 49.4 Å². The molecule has 0 saturated carbocycles. The zero-order valence-corrected chi connectivity index (χ0v) is 13.5. The van der Waals surface area contributed by atoms with Crippen LogP contribution in [-0.4, -0.2) is 15.1 Å². The van der Waals surface area contributed by atoms with Gasteiger partial charge in [-0.15, -0.1) is 0 Å². The van der Waals surface area contributed by atoms with Crippen molar-refractivity contribution in [2.24, 2.45) is 0 Å². The van der Waals surface area contributed by atoms with Gasteiger partial charge in [0.15, 0.2) is 0 Å². The Kier molecular flexibility index (Phi) is 2.93. The third-order valence-electron chi connectivity index (χ3n) is 4.14. The number of nitrogens with zero attached hydrogens (tertiary/aromatic N) is 2. The SMILES string of the molecule is Cc1ccc(C2(O)c3cccnc3-c3ncc(Br)cc32)cc1. The summed E-state index contributed by atoms with van der Waals surface area (Å²) in [5.41, 5.74) is 3.79. The number of pyridine rings is 2. The summed E-state index contributed by atoms with van der Waals surface area (Å²) in [4.78, 5) is 8.90. The van der Waals surface area contributed by atoms with E-state index in [0.717, 1.165) is 38.1 Å². The zero-order valence-electron chi connectivity index (χ0n) is 11.9. The third kappa shape index (κ3) is 1.77. The molecular formula is C18H13BrN2O. The first-order valence-electron chi connectivity index (χ1n) is 7.02. The van der Waals surface area contributed by atoms with Crippen molar-refractivity contribution in [3.63, 3.8) is 0 Å². The summed E-state index contributed by atoms with van der Waals surface area (Å²) in [7, 11) is 0. The number of hydrogen-bond donors (Lipinski definition) is 1. The van der Waals surface area contributed by atoms with Crippen LogP contribution >= 0.6 is 15.9 Å². The number of hydrogen-bond acceptors (Lipinski definition) is 3. The van der Waals surface area contributed by atoms with Gasteiger partial charge in [0.25, 0.3) is 0 Å². The molecule has 1 aliphatic carbocycles. The summed E-state index contributed by atoms with van der Waals surface area (Å²) >= 11 is 3.45. The van der Waals surface area contributed by atoms with Crippen molar-refractivity contribution in [2.45, 2.75) is 12.5 Å². The monoisotopic (exact) mass is 352 g/mol. The maximum absolute atomic E-state index is 11.6. The first kappa shape index (κ1) is 13.6. The van der Waals surface area contributed by atoms with E-state index in [1.54, 1.807) is 12.4 Å². The van der Waals surface area contributed by atoms with Gasteiger partial charge in [0.1, 0.15) is 5.60 Å². The lowest BCUT2D eigenvalue weighted by atomic mass is 9.85. The predicted octanol–water partition coefficient (Wildman–Crippen LogP) is 3.81. The molecule has 0 bridgehead atoms. The normalized spacial score (nSPS) is 18.9. The number of benzene rings is 1. The van der Waals surface area contributed by atoms with E-state index in [0.29, 0.717) is 0 Å². The molecule has 0 spiro atoms. The summed E-state index contributed by atoms with van der Waals surface area (Å²) in [6.07, 6.45) is 3.46. The molecule has 4 rings (SSSR count). The predicted molar refractivity (Wildman–Crippen MR) is 88.4 cm³/mol. The standard InChI is InChI=1S/C18H13BrN2O/c1-11-4-6-12(7-5-11)18(22)14-3-2-8-20-16(14)17-15(18)9-13(19)10-21-17/h2-10,22H,1H3. The van der Waals surface area contributed by atoms with Crippen LogP contribution in [0.5, 0.6) is 0 Å². The molecule has 1 atom stereocenters. The molecule has 1 N–H and O–H groups in total. The second-order valence-electron chi connectivity index (χ2n) is 5.53. The van der Waals surface area contributed by atoms with Crippen LogP contribution < -0.4 is 0 Å². The van der Waals surface area contributed by atoms with Gasteiger partial charge >= 0.3 is 0 Å². The van der Waals surface area contributed by atoms with Gasteiger partial charge in [0, 0.05) is 28.0 Å². The zero-order chi connectivity index (χ0) is 15.3. The van der Waals surface area contributed by atoms with Gasteiger partial charge < -0.3 is 5.11 Å². The lowest BCUT2D eigenvalue weighted by Gasteiger charge is -2.26. The molecule has 3 aromatic rings. The molecule has 2 heterocycles.